The number of alkyl halides is 3. The van der Waals surface area contributed by atoms with E-state index in [1.54, 1.807) is 6.07 Å². The van der Waals surface area contributed by atoms with Gasteiger partial charge in [-0.05, 0) is 49.3 Å². The first kappa shape index (κ1) is 16.5. The quantitative estimate of drug-likeness (QED) is 0.646. The van der Waals surface area contributed by atoms with Crippen LogP contribution in [0.4, 0.5) is 18.9 Å². The van der Waals surface area contributed by atoms with Gasteiger partial charge < -0.3 is 5.32 Å². The third-order valence-electron chi connectivity index (χ3n) is 4.17. The van der Waals surface area contributed by atoms with Crippen molar-refractivity contribution >= 4 is 17.3 Å². The maximum absolute atomic E-state index is 12.8. The Hall–Kier alpha value is -0.900. The Morgan fingerprint density at radius 1 is 1.14 bits per heavy atom. The zero-order chi connectivity index (χ0) is 15.7. The molecule has 0 aromatic heterocycles. The molecule has 0 aliphatic heterocycles. The molecule has 118 valence electrons. The van der Waals surface area contributed by atoms with Gasteiger partial charge in [-0.15, -0.1) is 0 Å². The Kier molecular flexibility index (Phi) is 4.76. The van der Waals surface area contributed by atoms with E-state index in [-0.39, 0.29) is 11.1 Å². The molecule has 1 aromatic carbocycles. The topological polar surface area (TPSA) is 12.0 Å². The molecular formula is C16H21ClF3N. The normalized spacial score (nSPS) is 22.7. The molecule has 1 atom stereocenters. The molecule has 5 heteroatoms. The third kappa shape index (κ3) is 4.80. The van der Waals surface area contributed by atoms with Gasteiger partial charge in [-0.2, -0.15) is 13.2 Å². The predicted molar refractivity (Wildman–Crippen MR) is 80.7 cm³/mol. The molecule has 0 heterocycles. The summed E-state index contributed by atoms with van der Waals surface area (Å²) in [5.74, 6) is 0. The van der Waals surface area contributed by atoms with Crippen LogP contribution >= 0.6 is 11.6 Å². The average Bonchev–Trinajstić information content (AvgIpc) is 2.49. The summed E-state index contributed by atoms with van der Waals surface area (Å²) in [5.41, 5.74) is 0.0769. The first-order valence-corrected chi connectivity index (χ1v) is 7.68. The monoisotopic (exact) mass is 319 g/mol. The number of halogens is 4. The summed E-state index contributed by atoms with van der Waals surface area (Å²) in [7, 11) is 0. The Morgan fingerprint density at radius 2 is 1.86 bits per heavy atom. The summed E-state index contributed by atoms with van der Waals surface area (Å²) in [5, 5.41) is 3.34. The van der Waals surface area contributed by atoms with Gasteiger partial charge >= 0.3 is 6.18 Å². The molecule has 1 saturated carbocycles. The highest BCUT2D eigenvalue weighted by atomic mass is 35.5. The molecule has 2 rings (SSSR count). The van der Waals surface area contributed by atoms with Gasteiger partial charge in [0.05, 0.1) is 5.56 Å². The standard InChI is InChI=1S/C16H21ClF3N/c1-15(2)6-3-4-13(5-7-15)21-14-9-11(16(18,19)20)8-12(17)10-14/h8-10,13,21H,3-7H2,1-2H3. The van der Waals surface area contributed by atoms with Crippen LogP contribution in [0.5, 0.6) is 0 Å². The Balaban J connectivity index is 2.11. The minimum atomic E-state index is -4.37. The van der Waals surface area contributed by atoms with Crippen LogP contribution in [0, 0.1) is 5.41 Å². The number of rotatable bonds is 2. The lowest BCUT2D eigenvalue weighted by Gasteiger charge is -2.22. The SMILES string of the molecule is CC1(C)CCCC(Nc2cc(Cl)cc(C(F)(F)F)c2)CC1. The van der Waals surface area contributed by atoms with Crippen molar-refractivity contribution in [2.24, 2.45) is 5.41 Å². The summed E-state index contributed by atoms with van der Waals surface area (Å²) < 4.78 is 38.4. The molecule has 0 spiro atoms. The summed E-state index contributed by atoms with van der Waals surface area (Å²) >= 11 is 5.81. The van der Waals surface area contributed by atoms with Crippen molar-refractivity contribution in [2.45, 2.75) is 58.2 Å². The van der Waals surface area contributed by atoms with Gasteiger partial charge in [0.1, 0.15) is 0 Å². The third-order valence-corrected chi connectivity index (χ3v) is 4.39. The minimum absolute atomic E-state index is 0.112. The van der Waals surface area contributed by atoms with Crippen molar-refractivity contribution in [1.29, 1.82) is 0 Å². The highest BCUT2D eigenvalue weighted by molar-refractivity contribution is 6.30. The first-order valence-electron chi connectivity index (χ1n) is 7.30. The van der Waals surface area contributed by atoms with E-state index < -0.39 is 11.7 Å². The lowest BCUT2D eigenvalue weighted by molar-refractivity contribution is -0.137. The summed E-state index contributed by atoms with van der Waals surface area (Å²) in [6, 6.07) is 3.88. The minimum Gasteiger partial charge on any atom is -0.382 e. The highest BCUT2D eigenvalue weighted by Gasteiger charge is 2.31. The van der Waals surface area contributed by atoms with Crippen molar-refractivity contribution in [3.63, 3.8) is 0 Å². The van der Waals surface area contributed by atoms with E-state index in [1.807, 2.05) is 0 Å². The van der Waals surface area contributed by atoms with Crippen molar-refractivity contribution in [2.75, 3.05) is 5.32 Å². The van der Waals surface area contributed by atoms with Gasteiger partial charge in [0.15, 0.2) is 0 Å². The predicted octanol–water partition coefficient (Wildman–Crippen LogP) is 6.13. The Bertz CT molecular complexity index is 497. The molecule has 21 heavy (non-hydrogen) atoms. The second-order valence-electron chi connectivity index (χ2n) is 6.66. The number of hydrogen-bond donors (Lipinski definition) is 1. The highest BCUT2D eigenvalue weighted by Crippen LogP contribution is 2.36. The number of nitrogens with one attached hydrogen (secondary N) is 1. The lowest BCUT2D eigenvalue weighted by atomic mass is 9.85. The molecule has 0 saturated heterocycles. The molecule has 0 bridgehead atoms. The van der Waals surface area contributed by atoms with Gasteiger partial charge in [0, 0.05) is 16.8 Å². The number of benzene rings is 1. The van der Waals surface area contributed by atoms with E-state index in [4.69, 9.17) is 11.6 Å². The molecule has 1 unspecified atom stereocenters. The Labute approximate surface area is 128 Å². The van der Waals surface area contributed by atoms with Crippen LogP contribution in [0.1, 0.15) is 51.5 Å². The zero-order valence-electron chi connectivity index (χ0n) is 12.4. The van der Waals surface area contributed by atoms with Crippen LogP contribution in [-0.2, 0) is 6.18 Å². The molecular weight excluding hydrogens is 299 g/mol. The van der Waals surface area contributed by atoms with E-state index >= 15 is 0 Å². The molecule has 0 amide bonds. The van der Waals surface area contributed by atoms with E-state index in [1.165, 1.54) is 0 Å². The van der Waals surface area contributed by atoms with Crippen molar-refractivity contribution < 1.29 is 13.2 Å². The van der Waals surface area contributed by atoms with Crippen molar-refractivity contribution in [1.82, 2.24) is 0 Å². The molecule has 1 N–H and O–H groups in total. The lowest BCUT2D eigenvalue weighted by Crippen LogP contribution is -2.19. The van der Waals surface area contributed by atoms with Gasteiger partial charge in [0.25, 0.3) is 0 Å². The van der Waals surface area contributed by atoms with E-state index in [0.717, 1.165) is 44.2 Å². The first-order chi connectivity index (χ1) is 9.66. The fraction of sp³-hybridized carbons (Fsp3) is 0.625. The van der Waals surface area contributed by atoms with Crippen molar-refractivity contribution in [3.8, 4) is 0 Å². The van der Waals surface area contributed by atoms with Crippen LogP contribution < -0.4 is 5.32 Å². The van der Waals surface area contributed by atoms with Crippen LogP contribution in [0.15, 0.2) is 18.2 Å². The fourth-order valence-electron chi connectivity index (χ4n) is 2.88. The molecule has 1 fully saturated rings. The average molecular weight is 320 g/mol. The van der Waals surface area contributed by atoms with Crippen LogP contribution in [-0.4, -0.2) is 6.04 Å². The summed E-state index contributed by atoms with van der Waals surface area (Å²) in [6.07, 6.45) is 0.925. The van der Waals surface area contributed by atoms with Crippen LogP contribution in [0.3, 0.4) is 0 Å². The molecule has 1 aliphatic carbocycles. The number of hydrogen-bond acceptors (Lipinski definition) is 1. The van der Waals surface area contributed by atoms with E-state index in [2.05, 4.69) is 19.2 Å². The second-order valence-corrected chi connectivity index (χ2v) is 7.10. The largest absolute Gasteiger partial charge is 0.416 e. The van der Waals surface area contributed by atoms with Gasteiger partial charge in [-0.3, -0.25) is 0 Å². The van der Waals surface area contributed by atoms with Crippen LogP contribution in [0.25, 0.3) is 0 Å². The fourth-order valence-corrected chi connectivity index (χ4v) is 3.11. The molecule has 1 nitrogen and oxygen atoms in total. The summed E-state index contributed by atoms with van der Waals surface area (Å²) in [4.78, 5) is 0. The smallest absolute Gasteiger partial charge is 0.382 e. The van der Waals surface area contributed by atoms with E-state index in [0.29, 0.717) is 11.1 Å². The molecule has 1 aromatic rings. The molecule has 1 aliphatic rings. The van der Waals surface area contributed by atoms with Gasteiger partial charge in [-0.25, -0.2) is 0 Å². The second kappa shape index (κ2) is 6.07. The van der Waals surface area contributed by atoms with Crippen LogP contribution in [0.2, 0.25) is 5.02 Å². The number of anilines is 1. The van der Waals surface area contributed by atoms with Crippen molar-refractivity contribution in [3.05, 3.63) is 28.8 Å². The van der Waals surface area contributed by atoms with Gasteiger partial charge in [0.2, 0.25) is 0 Å². The van der Waals surface area contributed by atoms with Gasteiger partial charge in [-0.1, -0.05) is 31.9 Å². The Morgan fingerprint density at radius 3 is 2.52 bits per heavy atom. The zero-order valence-corrected chi connectivity index (χ0v) is 13.1. The molecule has 0 radical (unpaired) electrons. The van der Waals surface area contributed by atoms with E-state index in [9.17, 15) is 13.2 Å². The summed E-state index contributed by atoms with van der Waals surface area (Å²) in [6.45, 7) is 4.49. The maximum Gasteiger partial charge on any atom is 0.416 e. The maximum atomic E-state index is 12.8.